The molecule has 3 N–H and O–H groups in total. The standard InChI is InChI=1S/C23H22N4O/c1-16-19(7-3-8-21(16)26-14-17-5-4-11-24-13-17)23(28)27-15-18-6-2-9-22-20(18)10-12-25-22/h2-13,25-26H,14-15H2,1H3,(H,27,28). The third-order valence-electron chi connectivity index (χ3n) is 4.91. The number of benzene rings is 2. The third-order valence-corrected chi connectivity index (χ3v) is 4.91. The van der Waals surface area contributed by atoms with E-state index in [4.69, 9.17) is 0 Å². The average molecular weight is 370 g/mol. The topological polar surface area (TPSA) is 69.8 Å². The number of anilines is 1. The van der Waals surface area contributed by atoms with Gasteiger partial charge in [0.05, 0.1) is 0 Å². The van der Waals surface area contributed by atoms with E-state index in [-0.39, 0.29) is 5.91 Å². The summed E-state index contributed by atoms with van der Waals surface area (Å²) in [6, 6.07) is 17.8. The molecule has 0 unspecified atom stereocenters. The van der Waals surface area contributed by atoms with Crippen LogP contribution in [-0.2, 0) is 13.1 Å². The zero-order valence-electron chi connectivity index (χ0n) is 15.7. The first kappa shape index (κ1) is 17.8. The second-order valence-corrected chi connectivity index (χ2v) is 6.73. The van der Waals surface area contributed by atoms with Gasteiger partial charge < -0.3 is 15.6 Å². The van der Waals surface area contributed by atoms with Crippen molar-refractivity contribution < 1.29 is 4.79 Å². The first-order valence-corrected chi connectivity index (χ1v) is 9.28. The fraction of sp³-hybridized carbons (Fsp3) is 0.130. The van der Waals surface area contributed by atoms with Gasteiger partial charge in [-0.15, -0.1) is 0 Å². The number of aromatic nitrogens is 2. The number of hydrogen-bond donors (Lipinski definition) is 3. The minimum Gasteiger partial charge on any atom is -0.381 e. The molecule has 0 saturated carbocycles. The molecule has 0 fully saturated rings. The highest BCUT2D eigenvalue weighted by Crippen LogP contribution is 2.21. The molecule has 0 aliphatic rings. The summed E-state index contributed by atoms with van der Waals surface area (Å²) in [6.07, 6.45) is 5.51. The molecule has 0 atom stereocenters. The molecule has 1 amide bonds. The quantitative estimate of drug-likeness (QED) is 0.471. The number of aromatic amines is 1. The number of nitrogens with zero attached hydrogens (tertiary/aromatic N) is 1. The molecule has 5 heteroatoms. The molecule has 0 radical (unpaired) electrons. The molecule has 28 heavy (non-hydrogen) atoms. The molecular formula is C23H22N4O. The van der Waals surface area contributed by atoms with Crippen LogP contribution in [0, 0.1) is 6.92 Å². The fourth-order valence-corrected chi connectivity index (χ4v) is 3.35. The van der Waals surface area contributed by atoms with Gasteiger partial charge in [-0.25, -0.2) is 0 Å². The molecule has 0 aliphatic heterocycles. The molecular weight excluding hydrogens is 348 g/mol. The van der Waals surface area contributed by atoms with E-state index < -0.39 is 0 Å². The molecule has 2 aromatic carbocycles. The van der Waals surface area contributed by atoms with Crippen LogP contribution in [0.2, 0.25) is 0 Å². The molecule has 2 aromatic heterocycles. The first-order chi connectivity index (χ1) is 13.7. The molecule has 140 valence electrons. The van der Waals surface area contributed by atoms with Crippen LogP contribution in [-0.4, -0.2) is 15.9 Å². The summed E-state index contributed by atoms with van der Waals surface area (Å²) >= 11 is 0. The van der Waals surface area contributed by atoms with E-state index in [0.29, 0.717) is 18.7 Å². The van der Waals surface area contributed by atoms with Gasteiger partial charge in [0.25, 0.3) is 5.91 Å². The monoisotopic (exact) mass is 370 g/mol. The van der Waals surface area contributed by atoms with Gasteiger partial charge in [0, 0.05) is 53.8 Å². The van der Waals surface area contributed by atoms with E-state index in [1.165, 1.54) is 0 Å². The number of amides is 1. The molecule has 2 heterocycles. The van der Waals surface area contributed by atoms with Crippen molar-refractivity contribution in [3.8, 4) is 0 Å². The van der Waals surface area contributed by atoms with E-state index in [2.05, 4.69) is 20.6 Å². The lowest BCUT2D eigenvalue weighted by Crippen LogP contribution is -2.24. The van der Waals surface area contributed by atoms with Crippen LogP contribution >= 0.6 is 0 Å². The maximum Gasteiger partial charge on any atom is 0.251 e. The van der Waals surface area contributed by atoms with Crippen molar-refractivity contribution in [2.75, 3.05) is 5.32 Å². The Labute approximate surface area is 163 Å². The van der Waals surface area contributed by atoms with Crippen LogP contribution in [0.5, 0.6) is 0 Å². The summed E-state index contributed by atoms with van der Waals surface area (Å²) in [6.45, 7) is 3.11. The molecule has 0 aliphatic carbocycles. The Kier molecular flexibility index (Phi) is 5.06. The van der Waals surface area contributed by atoms with Gasteiger partial charge in [-0.3, -0.25) is 9.78 Å². The van der Waals surface area contributed by atoms with Gasteiger partial charge in [0.1, 0.15) is 0 Å². The van der Waals surface area contributed by atoms with E-state index in [9.17, 15) is 4.79 Å². The van der Waals surface area contributed by atoms with Gasteiger partial charge in [0.15, 0.2) is 0 Å². The maximum absolute atomic E-state index is 12.8. The van der Waals surface area contributed by atoms with Gasteiger partial charge in [0.2, 0.25) is 0 Å². The number of carbonyl (C=O) groups excluding carboxylic acids is 1. The first-order valence-electron chi connectivity index (χ1n) is 9.28. The average Bonchev–Trinajstić information content (AvgIpc) is 3.21. The molecule has 0 saturated heterocycles. The number of carbonyl (C=O) groups is 1. The molecule has 0 bridgehead atoms. The summed E-state index contributed by atoms with van der Waals surface area (Å²) in [5.74, 6) is -0.0740. The Morgan fingerprint density at radius 1 is 1.04 bits per heavy atom. The van der Waals surface area contributed by atoms with Crippen molar-refractivity contribution in [3.05, 3.63) is 95.4 Å². The van der Waals surface area contributed by atoms with Gasteiger partial charge in [-0.2, -0.15) is 0 Å². The van der Waals surface area contributed by atoms with Crippen LogP contribution in [0.3, 0.4) is 0 Å². The minimum atomic E-state index is -0.0740. The summed E-state index contributed by atoms with van der Waals surface area (Å²) < 4.78 is 0. The highest BCUT2D eigenvalue weighted by Gasteiger charge is 2.12. The second kappa shape index (κ2) is 7.96. The second-order valence-electron chi connectivity index (χ2n) is 6.73. The zero-order chi connectivity index (χ0) is 19.3. The van der Waals surface area contributed by atoms with E-state index >= 15 is 0 Å². The molecule has 4 rings (SSSR count). The Morgan fingerprint density at radius 2 is 1.93 bits per heavy atom. The van der Waals surface area contributed by atoms with Gasteiger partial charge in [-0.1, -0.05) is 24.3 Å². The lowest BCUT2D eigenvalue weighted by molar-refractivity contribution is 0.0950. The predicted molar refractivity (Wildman–Crippen MR) is 112 cm³/mol. The lowest BCUT2D eigenvalue weighted by atomic mass is 10.1. The Balaban J connectivity index is 1.46. The van der Waals surface area contributed by atoms with E-state index in [1.54, 1.807) is 6.20 Å². The fourth-order valence-electron chi connectivity index (χ4n) is 3.35. The van der Waals surface area contributed by atoms with Crippen molar-refractivity contribution in [2.24, 2.45) is 0 Å². The van der Waals surface area contributed by atoms with Gasteiger partial charge in [-0.05, 0) is 53.9 Å². The molecule has 5 nitrogen and oxygen atoms in total. The van der Waals surface area contributed by atoms with Crippen molar-refractivity contribution in [2.45, 2.75) is 20.0 Å². The Bertz CT molecular complexity index is 1100. The highest BCUT2D eigenvalue weighted by molar-refractivity contribution is 5.97. The third kappa shape index (κ3) is 3.74. The highest BCUT2D eigenvalue weighted by atomic mass is 16.1. The summed E-state index contributed by atoms with van der Waals surface area (Å²) in [5, 5.41) is 7.57. The molecule has 0 spiro atoms. The minimum absolute atomic E-state index is 0.0740. The number of fused-ring (bicyclic) bond motifs is 1. The maximum atomic E-state index is 12.8. The van der Waals surface area contributed by atoms with Crippen molar-refractivity contribution in [1.82, 2.24) is 15.3 Å². The molecule has 4 aromatic rings. The number of pyridine rings is 1. The largest absolute Gasteiger partial charge is 0.381 e. The Morgan fingerprint density at radius 3 is 2.79 bits per heavy atom. The van der Waals surface area contributed by atoms with E-state index in [1.807, 2.05) is 73.9 Å². The summed E-state index contributed by atoms with van der Waals surface area (Å²) in [4.78, 5) is 20.1. The normalized spacial score (nSPS) is 10.8. The van der Waals surface area contributed by atoms with Crippen LogP contribution in [0.4, 0.5) is 5.69 Å². The van der Waals surface area contributed by atoms with Crippen LogP contribution in [0.15, 0.2) is 73.2 Å². The van der Waals surface area contributed by atoms with Crippen LogP contribution in [0.25, 0.3) is 10.9 Å². The van der Waals surface area contributed by atoms with Crippen molar-refractivity contribution >= 4 is 22.5 Å². The predicted octanol–water partition coefficient (Wildman–Crippen LogP) is 4.41. The Hall–Kier alpha value is -3.60. The van der Waals surface area contributed by atoms with Gasteiger partial charge >= 0.3 is 0 Å². The smallest absolute Gasteiger partial charge is 0.251 e. The summed E-state index contributed by atoms with van der Waals surface area (Å²) in [5.41, 5.74) is 5.82. The number of hydrogen-bond acceptors (Lipinski definition) is 3. The zero-order valence-corrected chi connectivity index (χ0v) is 15.7. The number of nitrogens with one attached hydrogen (secondary N) is 3. The van der Waals surface area contributed by atoms with Crippen LogP contribution in [0.1, 0.15) is 27.0 Å². The van der Waals surface area contributed by atoms with Crippen LogP contribution < -0.4 is 10.6 Å². The lowest BCUT2D eigenvalue weighted by Gasteiger charge is -2.14. The van der Waals surface area contributed by atoms with Crippen molar-refractivity contribution in [1.29, 1.82) is 0 Å². The summed E-state index contributed by atoms with van der Waals surface area (Å²) in [7, 11) is 0. The number of H-pyrrole nitrogens is 1. The van der Waals surface area contributed by atoms with E-state index in [0.717, 1.165) is 33.3 Å². The SMILES string of the molecule is Cc1c(NCc2cccnc2)cccc1C(=O)NCc1cccc2[nH]ccc12. The van der Waals surface area contributed by atoms with Crippen molar-refractivity contribution in [3.63, 3.8) is 0 Å². The number of rotatable bonds is 6.